The summed E-state index contributed by atoms with van der Waals surface area (Å²) in [5, 5.41) is 0. The van der Waals surface area contributed by atoms with Gasteiger partial charge in [-0.15, -0.1) is 0 Å². The van der Waals surface area contributed by atoms with Crippen LogP contribution < -0.4 is 0 Å². The standard InChI is InChI=1S/C12H12BrClFNO3S/c1-16(6-7-2-3-7)12(17)8-4-11(20(14,18)19)9(13)5-10(8)15/h4-5,7H,2-3,6H2,1H3. The van der Waals surface area contributed by atoms with Crippen LogP contribution in [0.15, 0.2) is 21.5 Å². The first-order valence-corrected chi connectivity index (χ1v) is 8.99. The van der Waals surface area contributed by atoms with E-state index in [0.29, 0.717) is 12.5 Å². The van der Waals surface area contributed by atoms with E-state index in [0.717, 1.165) is 25.0 Å². The molecule has 1 saturated carbocycles. The van der Waals surface area contributed by atoms with Crippen LogP contribution in [-0.2, 0) is 9.05 Å². The Hall–Kier alpha value is -0.660. The minimum absolute atomic E-state index is 0.00797. The number of nitrogens with zero attached hydrogens (tertiary/aromatic N) is 1. The van der Waals surface area contributed by atoms with Crippen LogP contribution in [0, 0.1) is 11.7 Å². The van der Waals surface area contributed by atoms with E-state index in [1.54, 1.807) is 7.05 Å². The summed E-state index contributed by atoms with van der Waals surface area (Å²) in [6.07, 6.45) is 2.11. The number of rotatable bonds is 4. The van der Waals surface area contributed by atoms with Crippen molar-refractivity contribution in [2.45, 2.75) is 17.7 Å². The van der Waals surface area contributed by atoms with Crippen molar-refractivity contribution in [1.82, 2.24) is 4.90 Å². The Morgan fingerprint density at radius 2 is 2.10 bits per heavy atom. The molecule has 1 aliphatic carbocycles. The molecule has 2 rings (SSSR count). The molecule has 0 bridgehead atoms. The lowest BCUT2D eigenvalue weighted by Crippen LogP contribution is -2.29. The number of carbonyl (C=O) groups excluding carboxylic acids is 1. The normalized spacial score (nSPS) is 15.2. The number of benzene rings is 1. The van der Waals surface area contributed by atoms with Crippen molar-refractivity contribution < 1.29 is 17.6 Å². The molecule has 0 radical (unpaired) electrons. The summed E-state index contributed by atoms with van der Waals surface area (Å²) in [4.78, 5) is 13.2. The van der Waals surface area contributed by atoms with Gasteiger partial charge in [-0.3, -0.25) is 4.79 Å². The fraction of sp³-hybridized carbons (Fsp3) is 0.417. The van der Waals surface area contributed by atoms with E-state index >= 15 is 0 Å². The number of amides is 1. The lowest BCUT2D eigenvalue weighted by Gasteiger charge is -2.17. The first-order valence-electron chi connectivity index (χ1n) is 5.89. The molecule has 1 aromatic carbocycles. The highest BCUT2D eigenvalue weighted by molar-refractivity contribution is 9.10. The van der Waals surface area contributed by atoms with E-state index in [1.165, 1.54) is 4.90 Å². The van der Waals surface area contributed by atoms with Gasteiger partial charge in [0.2, 0.25) is 0 Å². The maximum Gasteiger partial charge on any atom is 0.262 e. The average Bonchev–Trinajstić information content (AvgIpc) is 3.10. The molecule has 1 fully saturated rings. The van der Waals surface area contributed by atoms with Gasteiger partial charge >= 0.3 is 0 Å². The second kappa shape index (κ2) is 5.61. The third-order valence-electron chi connectivity index (χ3n) is 3.09. The summed E-state index contributed by atoms with van der Waals surface area (Å²) >= 11 is 2.92. The van der Waals surface area contributed by atoms with E-state index in [1.807, 2.05) is 0 Å². The predicted molar refractivity (Wildman–Crippen MR) is 76.8 cm³/mol. The Morgan fingerprint density at radius 1 is 1.50 bits per heavy atom. The summed E-state index contributed by atoms with van der Waals surface area (Å²) in [6.45, 7) is 0.539. The molecule has 1 aliphatic rings. The fourth-order valence-corrected chi connectivity index (χ4v) is 4.02. The lowest BCUT2D eigenvalue weighted by molar-refractivity contribution is 0.0783. The molecule has 0 unspecified atom stereocenters. The second-order valence-electron chi connectivity index (χ2n) is 4.83. The quantitative estimate of drug-likeness (QED) is 0.750. The van der Waals surface area contributed by atoms with E-state index < -0.39 is 20.8 Å². The topological polar surface area (TPSA) is 54.5 Å². The molecule has 1 amide bonds. The Morgan fingerprint density at radius 3 is 2.60 bits per heavy atom. The largest absolute Gasteiger partial charge is 0.341 e. The molecule has 4 nitrogen and oxygen atoms in total. The summed E-state index contributed by atoms with van der Waals surface area (Å²) in [5.41, 5.74) is -0.296. The molecule has 110 valence electrons. The first kappa shape index (κ1) is 15.7. The molecule has 8 heteroatoms. The smallest absolute Gasteiger partial charge is 0.262 e. The van der Waals surface area contributed by atoms with Gasteiger partial charge in [-0.2, -0.15) is 0 Å². The number of hydrogen-bond acceptors (Lipinski definition) is 3. The molecular weight excluding hydrogens is 373 g/mol. The van der Waals surface area contributed by atoms with Crippen LogP contribution in [0.5, 0.6) is 0 Å². The molecule has 0 saturated heterocycles. The van der Waals surface area contributed by atoms with Crippen molar-refractivity contribution in [3.05, 3.63) is 28.0 Å². The van der Waals surface area contributed by atoms with Crippen LogP contribution in [0.25, 0.3) is 0 Å². The summed E-state index contributed by atoms with van der Waals surface area (Å²) in [6, 6.07) is 1.90. The molecular formula is C12H12BrClFNO3S. The van der Waals surface area contributed by atoms with Gasteiger partial charge in [0.15, 0.2) is 0 Å². The molecule has 0 aliphatic heterocycles. The zero-order chi connectivity index (χ0) is 15.1. The van der Waals surface area contributed by atoms with Crippen LogP contribution in [0.3, 0.4) is 0 Å². The highest BCUT2D eigenvalue weighted by atomic mass is 79.9. The van der Waals surface area contributed by atoms with E-state index in [-0.39, 0.29) is 14.9 Å². The first-order chi connectivity index (χ1) is 9.20. The third kappa shape index (κ3) is 3.51. The third-order valence-corrected chi connectivity index (χ3v) is 5.37. The molecule has 0 spiro atoms. The van der Waals surface area contributed by atoms with Crippen molar-refractivity contribution in [1.29, 1.82) is 0 Å². The van der Waals surface area contributed by atoms with Crippen LogP contribution in [-0.4, -0.2) is 32.8 Å². The second-order valence-corrected chi connectivity index (χ2v) is 8.22. The zero-order valence-corrected chi connectivity index (χ0v) is 13.7. The van der Waals surface area contributed by atoms with Crippen molar-refractivity contribution in [3.63, 3.8) is 0 Å². The summed E-state index contributed by atoms with van der Waals surface area (Å²) in [5.74, 6) is -0.879. The minimum Gasteiger partial charge on any atom is -0.341 e. The van der Waals surface area contributed by atoms with Crippen LogP contribution in [0.2, 0.25) is 0 Å². The summed E-state index contributed by atoms with van der Waals surface area (Å²) in [7, 11) is 2.77. The van der Waals surface area contributed by atoms with Crippen LogP contribution in [0.1, 0.15) is 23.2 Å². The van der Waals surface area contributed by atoms with Gasteiger partial charge < -0.3 is 4.90 Å². The summed E-state index contributed by atoms with van der Waals surface area (Å²) < 4.78 is 36.6. The van der Waals surface area contributed by atoms with Crippen molar-refractivity contribution in [2.24, 2.45) is 5.92 Å². The molecule has 0 heterocycles. The van der Waals surface area contributed by atoms with Gasteiger partial charge in [0.25, 0.3) is 15.0 Å². The maximum atomic E-state index is 13.9. The zero-order valence-electron chi connectivity index (χ0n) is 10.6. The predicted octanol–water partition coefficient (Wildman–Crippen LogP) is 3.00. The average molecular weight is 385 g/mol. The number of halogens is 3. The fourth-order valence-electron chi connectivity index (χ4n) is 1.86. The van der Waals surface area contributed by atoms with Gasteiger partial charge in [-0.1, -0.05) is 0 Å². The molecule has 20 heavy (non-hydrogen) atoms. The van der Waals surface area contributed by atoms with Gasteiger partial charge in [0, 0.05) is 28.7 Å². The van der Waals surface area contributed by atoms with Gasteiger partial charge in [-0.05, 0) is 46.8 Å². The SMILES string of the molecule is CN(CC1CC1)C(=O)c1cc(S(=O)(=O)Cl)c(Br)cc1F. The Balaban J connectivity index is 2.37. The number of carbonyl (C=O) groups is 1. The van der Waals surface area contributed by atoms with Crippen molar-refractivity contribution >= 4 is 41.6 Å². The van der Waals surface area contributed by atoms with Crippen molar-refractivity contribution in [3.8, 4) is 0 Å². The van der Waals surface area contributed by atoms with E-state index in [4.69, 9.17) is 10.7 Å². The van der Waals surface area contributed by atoms with Crippen LogP contribution in [0.4, 0.5) is 4.39 Å². The monoisotopic (exact) mass is 383 g/mol. The minimum atomic E-state index is -4.05. The van der Waals surface area contributed by atoms with E-state index in [2.05, 4.69) is 15.9 Å². The van der Waals surface area contributed by atoms with Gasteiger partial charge in [-0.25, -0.2) is 12.8 Å². The Kier molecular flexibility index (Phi) is 4.41. The maximum absolute atomic E-state index is 13.9. The van der Waals surface area contributed by atoms with Gasteiger partial charge in [0.1, 0.15) is 5.82 Å². The van der Waals surface area contributed by atoms with Crippen LogP contribution >= 0.6 is 26.6 Å². The lowest BCUT2D eigenvalue weighted by atomic mass is 10.2. The van der Waals surface area contributed by atoms with Crippen molar-refractivity contribution in [2.75, 3.05) is 13.6 Å². The van der Waals surface area contributed by atoms with Gasteiger partial charge in [0.05, 0.1) is 10.5 Å². The molecule has 0 atom stereocenters. The van der Waals surface area contributed by atoms with E-state index in [9.17, 15) is 17.6 Å². The highest BCUT2D eigenvalue weighted by Crippen LogP contribution is 2.31. The number of hydrogen-bond donors (Lipinski definition) is 0. The molecule has 0 aromatic heterocycles. The molecule has 1 aromatic rings. The Bertz CT molecular complexity index is 661. The Labute approximate surface area is 129 Å². The molecule has 0 N–H and O–H groups in total. The highest BCUT2D eigenvalue weighted by Gasteiger charge is 2.27.